The summed E-state index contributed by atoms with van der Waals surface area (Å²) in [6.07, 6.45) is 0.864. The van der Waals surface area contributed by atoms with Gasteiger partial charge in [0.25, 0.3) is 0 Å². The molecule has 1 fully saturated rings. The lowest BCUT2D eigenvalue weighted by Gasteiger charge is -2.23. The molecule has 0 bridgehead atoms. The van der Waals surface area contributed by atoms with Crippen molar-refractivity contribution in [3.8, 4) is 0 Å². The zero-order valence-electron chi connectivity index (χ0n) is 13.8. The van der Waals surface area contributed by atoms with Crippen molar-refractivity contribution < 1.29 is 13.2 Å². The van der Waals surface area contributed by atoms with Crippen LogP contribution in [0.15, 0.2) is 36.8 Å². The third-order valence-corrected chi connectivity index (χ3v) is 4.17. The summed E-state index contributed by atoms with van der Waals surface area (Å²) in [6.45, 7) is 3.23. The Bertz CT molecular complexity index is 677. The second kappa shape index (κ2) is 7.67. The van der Waals surface area contributed by atoms with Crippen molar-refractivity contribution in [2.24, 2.45) is 0 Å². The van der Waals surface area contributed by atoms with Crippen LogP contribution in [0.25, 0.3) is 0 Å². The van der Waals surface area contributed by atoms with E-state index < -0.39 is 12.6 Å². The minimum Gasteiger partial charge on any atom is -0.370 e. The highest BCUT2D eigenvalue weighted by molar-refractivity contribution is 5.45. The fourth-order valence-electron chi connectivity index (χ4n) is 2.88. The summed E-state index contributed by atoms with van der Waals surface area (Å²) in [7, 11) is 0. The average Bonchev–Trinajstić information content (AvgIpc) is 2.87. The molecular formula is C17H20F3N5. The summed E-state index contributed by atoms with van der Waals surface area (Å²) in [6, 6.07) is 5.50. The van der Waals surface area contributed by atoms with E-state index in [1.807, 2.05) is 17.0 Å². The van der Waals surface area contributed by atoms with Crippen LogP contribution in [0.4, 0.5) is 24.8 Å². The third-order valence-electron chi connectivity index (χ3n) is 4.17. The van der Waals surface area contributed by atoms with Gasteiger partial charge in [0.2, 0.25) is 5.95 Å². The van der Waals surface area contributed by atoms with E-state index >= 15 is 0 Å². The molecule has 1 aliphatic rings. The molecule has 0 aromatic carbocycles. The number of hydrogen-bond acceptors (Lipinski definition) is 5. The first kappa shape index (κ1) is 17.4. The molecule has 0 radical (unpaired) electrons. The van der Waals surface area contributed by atoms with Gasteiger partial charge in [-0.2, -0.15) is 13.2 Å². The lowest BCUT2D eigenvalue weighted by Crippen LogP contribution is -2.31. The first-order valence-corrected chi connectivity index (χ1v) is 8.30. The van der Waals surface area contributed by atoms with E-state index in [9.17, 15) is 13.2 Å². The van der Waals surface area contributed by atoms with Crippen LogP contribution in [-0.2, 0) is 6.42 Å². The van der Waals surface area contributed by atoms with Gasteiger partial charge in [-0.1, -0.05) is 0 Å². The molecule has 0 N–H and O–H groups in total. The van der Waals surface area contributed by atoms with Gasteiger partial charge in [-0.15, -0.1) is 0 Å². The number of anilines is 2. The summed E-state index contributed by atoms with van der Waals surface area (Å²) < 4.78 is 37.2. The summed E-state index contributed by atoms with van der Waals surface area (Å²) in [4.78, 5) is 16.9. The van der Waals surface area contributed by atoms with E-state index in [4.69, 9.17) is 0 Å². The number of nitrogens with zero attached hydrogens (tertiary/aromatic N) is 5. The molecule has 0 saturated carbocycles. The summed E-state index contributed by atoms with van der Waals surface area (Å²) >= 11 is 0. The molecule has 8 heteroatoms. The Balaban J connectivity index is 1.64. The third kappa shape index (κ3) is 5.04. The molecule has 25 heavy (non-hydrogen) atoms. The highest BCUT2D eigenvalue weighted by Crippen LogP contribution is 2.22. The minimum atomic E-state index is -4.17. The monoisotopic (exact) mass is 351 g/mol. The molecule has 0 spiro atoms. The number of alkyl halides is 3. The van der Waals surface area contributed by atoms with Gasteiger partial charge in [0.1, 0.15) is 0 Å². The molecule has 3 rings (SSSR count). The predicted molar refractivity (Wildman–Crippen MR) is 89.7 cm³/mol. The highest BCUT2D eigenvalue weighted by Gasteiger charge is 2.27. The molecule has 1 saturated heterocycles. The fraction of sp³-hybridized carbons (Fsp3) is 0.471. The van der Waals surface area contributed by atoms with Gasteiger partial charge < -0.3 is 9.80 Å². The quantitative estimate of drug-likeness (QED) is 0.847. The summed E-state index contributed by atoms with van der Waals surface area (Å²) in [5, 5.41) is 0. The van der Waals surface area contributed by atoms with E-state index in [2.05, 4.69) is 19.9 Å². The SMILES string of the molecule is FC(F)(F)CCc1ccnc(N2CCCN(c3ccncc3)CC2)n1. The number of pyridine rings is 1. The lowest BCUT2D eigenvalue weighted by molar-refractivity contribution is -0.134. The lowest BCUT2D eigenvalue weighted by atomic mass is 10.2. The number of hydrogen-bond donors (Lipinski definition) is 0. The van der Waals surface area contributed by atoms with Crippen LogP contribution in [0.1, 0.15) is 18.5 Å². The Hall–Kier alpha value is -2.38. The van der Waals surface area contributed by atoms with Gasteiger partial charge in [-0.05, 0) is 31.0 Å². The second-order valence-corrected chi connectivity index (χ2v) is 6.00. The van der Waals surface area contributed by atoms with Crippen molar-refractivity contribution in [3.63, 3.8) is 0 Å². The van der Waals surface area contributed by atoms with Crippen LogP contribution in [-0.4, -0.2) is 47.3 Å². The molecule has 0 aliphatic carbocycles. The predicted octanol–water partition coefficient (Wildman–Crippen LogP) is 3.08. The zero-order valence-corrected chi connectivity index (χ0v) is 13.8. The van der Waals surface area contributed by atoms with E-state index in [0.717, 1.165) is 38.3 Å². The van der Waals surface area contributed by atoms with E-state index in [1.54, 1.807) is 24.7 Å². The second-order valence-electron chi connectivity index (χ2n) is 6.00. The standard InChI is InChI=1S/C17H20F3N5/c18-17(19,20)6-2-14-3-9-22-16(23-14)25-11-1-10-24(12-13-25)15-4-7-21-8-5-15/h3-5,7-9H,1-2,6,10-13H2. The zero-order chi connectivity index (χ0) is 17.7. The smallest absolute Gasteiger partial charge is 0.370 e. The number of rotatable bonds is 4. The van der Waals surface area contributed by atoms with Gasteiger partial charge in [0, 0.05) is 62.6 Å². The van der Waals surface area contributed by atoms with Crippen LogP contribution in [0.3, 0.4) is 0 Å². The van der Waals surface area contributed by atoms with Gasteiger partial charge in [0.05, 0.1) is 0 Å². The molecule has 5 nitrogen and oxygen atoms in total. The summed E-state index contributed by atoms with van der Waals surface area (Å²) in [5.41, 5.74) is 1.55. The molecule has 1 aliphatic heterocycles. The Labute approximate surface area is 144 Å². The van der Waals surface area contributed by atoms with Crippen molar-refractivity contribution in [1.82, 2.24) is 15.0 Å². The van der Waals surface area contributed by atoms with Crippen molar-refractivity contribution >= 4 is 11.6 Å². The first-order valence-electron chi connectivity index (χ1n) is 8.30. The van der Waals surface area contributed by atoms with Gasteiger partial charge in [-0.3, -0.25) is 4.98 Å². The molecule has 0 unspecified atom stereocenters. The minimum absolute atomic E-state index is 0.115. The van der Waals surface area contributed by atoms with Gasteiger partial charge in [0.15, 0.2) is 0 Å². The Kier molecular flexibility index (Phi) is 5.35. The van der Waals surface area contributed by atoms with Crippen LogP contribution < -0.4 is 9.80 Å². The van der Waals surface area contributed by atoms with Crippen molar-refractivity contribution in [1.29, 1.82) is 0 Å². The topological polar surface area (TPSA) is 45.2 Å². The van der Waals surface area contributed by atoms with Gasteiger partial charge in [-0.25, -0.2) is 9.97 Å². The fourth-order valence-corrected chi connectivity index (χ4v) is 2.88. The Morgan fingerprint density at radius 1 is 0.920 bits per heavy atom. The van der Waals surface area contributed by atoms with Crippen molar-refractivity contribution in [2.75, 3.05) is 36.0 Å². The Morgan fingerprint density at radius 3 is 2.40 bits per heavy atom. The van der Waals surface area contributed by atoms with E-state index in [0.29, 0.717) is 11.6 Å². The highest BCUT2D eigenvalue weighted by atomic mass is 19.4. The number of aryl methyl sites for hydroxylation is 1. The summed E-state index contributed by atoms with van der Waals surface area (Å²) in [5.74, 6) is 0.510. The maximum atomic E-state index is 12.4. The molecule has 3 heterocycles. The largest absolute Gasteiger partial charge is 0.389 e. The molecule has 134 valence electrons. The van der Waals surface area contributed by atoms with Crippen LogP contribution in [0, 0.1) is 0 Å². The maximum absolute atomic E-state index is 12.4. The molecule has 0 amide bonds. The average molecular weight is 351 g/mol. The van der Waals surface area contributed by atoms with E-state index in [1.165, 1.54) is 0 Å². The van der Waals surface area contributed by atoms with Crippen LogP contribution >= 0.6 is 0 Å². The maximum Gasteiger partial charge on any atom is 0.389 e. The molecule has 2 aromatic heterocycles. The Morgan fingerprint density at radius 2 is 1.64 bits per heavy atom. The molecule has 0 atom stereocenters. The van der Waals surface area contributed by atoms with Crippen LogP contribution in [0.2, 0.25) is 0 Å². The van der Waals surface area contributed by atoms with Gasteiger partial charge >= 0.3 is 6.18 Å². The van der Waals surface area contributed by atoms with Crippen LogP contribution in [0.5, 0.6) is 0 Å². The number of halogens is 3. The normalized spacial score (nSPS) is 16.0. The molecular weight excluding hydrogens is 331 g/mol. The van der Waals surface area contributed by atoms with Crippen molar-refractivity contribution in [2.45, 2.75) is 25.4 Å². The van der Waals surface area contributed by atoms with E-state index in [-0.39, 0.29) is 6.42 Å². The first-order chi connectivity index (χ1) is 12.0. The van der Waals surface area contributed by atoms with Crippen molar-refractivity contribution in [3.05, 3.63) is 42.5 Å². The number of aromatic nitrogens is 3. The molecule has 2 aromatic rings.